The third-order valence-electron chi connectivity index (χ3n) is 5.17. The van der Waals surface area contributed by atoms with E-state index in [2.05, 4.69) is 9.27 Å². The van der Waals surface area contributed by atoms with Crippen molar-refractivity contribution in [2.45, 2.75) is 12.8 Å². The number of rotatable bonds is 5. The summed E-state index contributed by atoms with van der Waals surface area (Å²) in [6, 6.07) is 12.9. The molecule has 0 spiro atoms. The van der Waals surface area contributed by atoms with E-state index in [0.717, 1.165) is 35.2 Å². The van der Waals surface area contributed by atoms with Crippen molar-refractivity contribution < 1.29 is 9.53 Å². The minimum Gasteiger partial charge on any atom is -0.497 e. The van der Waals surface area contributed by atoms with Crippen molar-refractivity contribution in [3.05, 3.63) is 69.5 Å². The lowest BCUT2D eigenvalue weighted by atomic mass is 10.1. The fraction of sp³-hybridized carbons (Fsp3) is 0.318. The number of amides is 1. The third-order valence-corrected chi connectivity index (χ3v) is 6.73. The van der Waals surface area contributed by atoms with Crippen LogP contribution in [0.5, 0.6) is 5.75 Å². The van der Waals surface area contributed by atoms with E-state index in [-0.39, 0.29) is 5.91 Å². The summed E-state index contributed by atoms with van der Waals surface area (Å²) >= 11 is 13.5. The molecule has 4 rings (SSSR count). The Labute approximate surface area is 195 Å². The molecule has 0 atom stereocenters. The lowest BCUT2D eigenvalue weighted by molar-refractivity contribution is 0.0767. The van der Waals surface area contributed by atoms with Crippen molar-refractivity contribution in [3.8, 4) is 5.75 Å². The Hall–Kier alpha value is -2.35. The van der Waals surface area contributed by atoms with Crippen LogP contribution in [-0.4, -0.2) is 53.5 Å². The summed E-state index contributed by atoms with van der Waals surface area (Å²) < 4.78 is 9.82. The van der Waals surface area contributed by atoms with E-state index in [9.17, 15) is 4.79 Å². The number of anilines is 1. The molecule has 0 saturated carbocycles. The standard InChI is InChI=1S/C22H22Cl2N4O2S/c1-30-17-5-2-4-15(12-17)13-20-25-22(31-26-20)28-9-3-8-27(10-11-28)21(29)16-6-7-18(23)19(24)14-16/h2,4-7,12,14H,3,8-11,13H2,1H3. The summed E-state index contributed by atoms with van der Waals surface area (Å²) in [6.07, 6.45) is 1.52. The predicted molar refractivity (Wildman–Crippen MR) is 125 cm³/mol. The van der Waals surface area contributed by atoms with Crippen molar-refractivity contribution in [3.63, 3.8) is 0 Å². The smallest absolute Gasteiger partial charge is 0.253 e. The van der Waals surface area contributed by atoms with Gasteiger partial charge in [0.25, 0.3) is 5.91 Å². The Morgan fingerprint density at radius 2 is 1.97 bits per heavy atom. The quantitative estimate of drug-likeness (QED) is 0.529. The molecule has 1 amide bonds. The maximum Gasteiger partial charge on any atom is 0.253 e. The first-order chi connectivity index (χ1) is 15.0. The molecule has 3 aromatic rings. The Bertz CT molecular complexity index is 1080. The number of ether oxygens (including phenoxy) is 1. The zero-order valence-corrected chi connectivity index (χ0v) is 19.4. The first-order valence-corrected chi connectivity index (χ1v) is 11.5. The van der Waals surface area contributed by atoms with E-state index in [4.69, 9.17) is 32.9 Å². The highest BCUT2D eigenvalue weighted by atomic mass is 35.5. The molecular weight excluding hydrogens is 455 g/mol. The number of halogens is 2. The van der Waals surface area contributed by atoms with Gasteiger partial charge in [0.1, 0.15) is 11.6 Å². The van der Waals surface area contributed by atoms with Gasteiger partial charge >= 0.3 is 0 Å². The lowest BCUT2D eigenvalue weighted by Gasteiger charge is -2.21. The van der Waals surface area contributed by atoms with E-state index in [1.807, 2.05) is 29.2 Å². The van der Waals surface area contributed by atoms with Gasteiger partial charge in [-0.15, -0.1) is 0 Å². The molecule has 162 valence electrons. The average Bonchev–Trinajstić information content (AvgIpc) is 3.10. The number of carbonyl (C=O) groups excluding carboxylic acids is 1. The third kappa shape index (κ3) is 5.29. The maximum absolute atomic E-state index is 12.9. The van der Waals surface area contributed by atoms with Crippen LogP contribution in [-0.2, 0) is 6.42 Å². The Morgan fingerprint density at radius 3 is 2.77 bits per heavy atom. The van der Waals surface area contributed by atoms with Gasteiger partial charge in [-0.2, -0.15) is 4.37 Å². The number of hydrogen-bond donors (Lipinski definition) is 0. The molecule has 1 aliphatic heterocycles. The van der Waals surface area contributed by atoms with Gasteiger partial charge in [0.2, 0.25) is 5.13 Å². The Morgan fingerprint density at radius 1 is 1.10 bits per heavy atom. The molecule has 1 fully saturated rings. The Balaban J connectivity index is 1.39. The van der Waals surface area contributed by atoms with Crippen LogP contribution < -0.4 is 9.64 Å². The van der Waals surface area contributed by atoms with Crippen LogP contribution in [0.3, 0.4) is 0 Å². The maximum atomic E-state index is 12.9. The second-order valence-electron chi connectivity index (χ2n) is 7.28. The minimum absolute atomic E-state index is 0.0311. The first-order valence-electron chi connectivity index (χ1n) is 9.98. The van der Waals surface area contributed by atoms with Crippen LogP contribution in [0, 0.1) is 0 Å². The molecular formula is C22H22Cl2N4O2S. The highest BCUT2D eigenvalue weighted by Gasteiger charge is 2.22. The average molecular weight is 477 g/mol. The van der Waals surface area contributed by atoms with E-state index >= 15 is 0 Å². The van der Waals surface area contributed by atoms with Gasteiger partial charge < -0.3 is 14.5 Å². The number of carbonyl (C=O) groups is 1. The van der Waals surface area contributed by atoms with E-state index < -0.39 is 0 Å². The molecule has 0 radical (unpaired) electrons. The lowest BCUT2D eigenvalue weighted by Crippen LogP contribution is -2.35. The summed E-state index contributed by atoms with van der Waals surface area (Å²) in [4.78, 5) is 21.7. The normalized spacial score (nSPS) is 14.4. The van der Waals surface area contributed by atoms with Gasteiger partial charge in [0.15, 0.2) is 0 Å². The molecule has 2 aromatic carbocycles. The topological polar surface area (TPSA) is 58.6 Å². The van der Waals surface area contributed by atoms with E-state index in [0.29, 0.717) is 41.7 Å². The number of hydrogen-bond acceptors (Lipinski definition) is 6. The largest absolute Gasteiger partial charge is 0.497 e. The summed E-state index contributed by atoms with van der Waals surface area (Å²) in [5.74, 6) is 1.59. The highest BCUT2D eigenvalue weighted by molar-refractivity contribution is 7.09. The van der Waals surface area contributed by atoms with E-state index in [1.165, 1.54) is 11.5 Å². The van der Waals surface area contributed by atoms with Crippen LogP contribution in [0.2, 0.25) is 10.0 Å². The molecule has 2 heterocycles. The van der Waals surface area contributed by atoms with Crippen LogP contribution in [0.1, 0.15) is 28.2 Å². The zero-order valence-electron chi connectivity index (χ0n) is 17.1. The highest BCUT2D eigenvalue weighted by Crippen LogP contribution is 2.25. The molecule has 1 aromatic heterocycles. The monoisotopic (exact) mass is 476 g/mol. The van der Waals surface area contributed by atoms with Gasteiger partial charge in [-0.05, 0) is 42.3 Å². The van der Waals surface area contributed by atoms with Gasteiger partial charge in [-0.1, -0.05) is 35.3 Å². The molecule has 6 nitrogen and oxygen atoms in total. The predicted octanol–water partition coefficient (Wildman–Crippen LogP) is 4.80. The summed E-state index contributed by atoms with van der Waals surface area (Å²) in [7, 11) is 1.66. The summed E-state index contributed by atoms with van der Waals surface area (Å²) in [6.45, 7) is 2.84. The fourth-order valence-corrected chi connectivity index (χ4v) is 4.57. The van der Waals surface area contributed by atoms with Crippen LogP contribution >= 0.6 is 34.7 Å². The Kier molecular flexibility index (Phi) is 6.95. The summed E-state index contributed by atoms with van der Waals surface area (Å²) in [5.41, 5.74) is 1.66. The number of methoxy groups -OCH3 is 1. The second-order valence-corrected chi connectivity index (χ2v) is 8.83. The minimum atomic E-state index is -0.0311. The molecule has 0 aliphatic carbocycles. The van der Waals surface area contributed by atoms with Gasteiger partial charge in [-0.25, -0.2) is 4.98 Å². The molecule has 0 bridgehead atoms. The van der Waals surface area contributed by atoms with Crippen LogP contribution in [0.4, 0.5) is 5.13 Å². The van der Waals surface area contributed by atoms with Crippen LogP contribution in [0.25, 0.3) is 0 Å². The number of benzene rings is 2. The molecule has 9 heteroatoms. The fourth-order valence-electron chi connectivity index (χ4n) is 3.53. The van der Waals surface area contributed by atoms with Crippen molar-refractivity contribution in [1.82, 2.24) is 14.3 Å². The molecule has 1 saturated heterocycles. The van der Waals surface area contributed by atoms with Gasteiger partial charge in [-0.3, -0.25) is 4.79 Å². The van der Waals surface area contributed by atoms with Crippen molar-refractivity contribution in [1.29, 1.82) is 0 Å². The zero-order chi connectivity index (χ0) is 21.8. The molecule has 1 aliphatic rings. The second kappa shape index (κ2) is 9.85. The summed E-state index contributed by atoms with van der Waals surface area (Å²) in [5, 5.41) is 1.73. The molecule has 0 N–H and O–H groups in total. The number of aromatic nitrogens is 2. The van der Waals surface area contributed by atoms with E-state index in [1.54, 1.807) is 25.3 Å². The number of nitrogens with zero attached hydrogens (tertiary/aromatic N) is 4. The first kappa shape index (κ1) is 21.9. The molecule has 0 unspecified atom stereocenters. The van der Waals surface area contributed by atoms with Crippen LogP contribution in [0.15, 0.2) is 42.5 Å². The van der Waals surface area contributed by atoms with Gasteiger partial charge in [0.05, 0.1) is 17.2 Å². The van der Waals surface area contributed by atoms with Crippen molar-refractivity contribution in [2.75, 3.05) is 38.2 Å². The molecule has 31 heavy (non-hydrogen) atoms. The van der Waals surface area contributed by atoms with Crippen molar-refractivity contribution in [2.24, 2.45) is 0 Å². The van der Waals surface area contributed by atoms with Crippen molar-refractivity contribution >= 4 is 45.8 Å². The van der Waals surface area contributed by atoms with Gasteiger partial charge in [0, 0.05) is 49.7 Å². The SMILES string of the molecule is COc1cccc(Cc2nsc(N3CCCN(C(=O)c4ccc(Cl)c(Cl)c4)CC3)n2)c1.